The zero-order chi connectivity index (χ0) is 16.7. The van der Waals surface area contributed by atoms with Gasteiger partial charge in [-0.25, -0.2) is 4.79 Å². The van der Waals surface area contributed by atoms with E-state index in [1.807, 2.05) is 18.2 Å². The minimum absolute atomic E-state index is 0.145. The molecule has 2 rings (SSSR count). The van der Waals surface area contributed by atoms with Gasteiger partial charge in [0.15, 0.2) is 0 Å². The Labute approximate surface area is 135 Å². The molecule has 0 saturated carbocycles. The van der Waals surface area contributed by atoms with Gasteiger partial charge in [0.05, 0.1) is 12.7 Å². The smallest absolute Gasteiger partial charge is 0.371 e. The van der Waals surface area contributed by atoms with Gasteiger partial charge in [0.2, 0.25) is 5.76 Å². The van der Waals surface area contributed by atoms with Gasteiger partial charge in [-0.05, 0) is 49.1 Å². The first-order valence-electron chi connectivity index (χ1n) is 7.58. The van der Waals surface area contributed by atoms with E-state index >= 15 is 0 Å². The van der Waals surface area contributed by atoms with Crippen molar-refractivity contribution in [3.8, 4) is 11.8 Å². The van der Waals surface area contributed by atoms with Gasteiger partial charge in [0.1, 0.15) is 17.4 Å². The molecule has 0 aliphatic rings. The third-order valence-corrected chi connectivity index (χ3v) is 3.55. The molecular formula is C18H19NO4. The zero-order valence-electron chi connectivity index (χ0n) is 13.0. The van der Waals surface area contributed by atoms with Crippen molar-refractivity contribution in [2.75, 3.05) is 6.61 Å². The van der Waals surface area contributed by atoms with Crippen LogP contribution in [0.2, 0.25) is 0 Å². The van der Waals surface area contributed by atoms with E-state index in [0.717, 1.165) is 12.2 Å². The number of nitriles is 1. The molecule has 1 N–H and O–H groups in total. The molecule has 1 atom stereocenters. The average Bonchev–Trinajstić information content (AvgIpc) is 3.05. The highest BCUT2D eigenvalue weighted by Gasteiger charge is 2.17. The van der Waals surface area contributed by atoms with E-state index in [1.165, 1.54) is 11.6 Å². The number of nitrogens with zero attached hydrogens (tertiary/aromatic N) is 1. The number of carboxylic acids is 1. The zero-order valence-corrected chi connectivity index (χ0v) is 13.0. The molecule has 0 radical (unpaired) electrons. The second-order valence-electron chi connectivity index (χ2n) is 5.18. The Morgan fingerprint density at radius 3 is 2.87 bits per heavy atom. The van der Waals surface area contributed by atoms with Crippen molar-refractivity contribution in [1.29, 1.82) is 5.26 Å². The molecular weight excluding hydrogens is 294 g/mol. The molecule has 1 aromatic carbocycles. The summed E-state index contributed by atoms with van der Waals surface area (Å²) in [7, 11) is 0. The maximum Gasteiger partial charge on any atom is 0.371 e. The van der Waals surface area contributed by atoms with Crippen LogP contribution in [0, 0.1) is 11.3 Å². The molecule has 120 valence electrons. The van der Waals surface area contributed by atoms with Crippen molar-refractivity contribution in [3.63, 3.8) is 0 Å². The first-order chi connectivity index (χ1) is 11.1. The van der Waals surface area contributed by atoms with Crippen molar-refractivity contribution in [3.05, 3.63) is 53.5 Å². The van der Waals surface area contributed by atoms with E-state index in [-0.39, 0.29) is 5.76 Å². The van der Waals surface area contributed by atoms with Crippen LogP contribution in [-0.2, 0) is 6.42 Å². The predicted molar refractivity (Wildman–Crippen MR) is 84.6 cm³/mol. The topological polar surface area (TPSA) is 83.5 Å². The summed E-state index contributed by atoms with van der Waals surface area (Å²) in [6, 6.07) is 13.0. The minimum atomic E-state index is -1.13. The molecule has 1 unspecified atom stereocenters. The molecule has 0 saturated heterocycles. The largest absolute Gasteiger partial charge is 0.494 e. The number of hydrogen-bond donors (Lipinski definition) is 1. The molecule has 2 aromatic rings. The molecule has 1 aromatic heterocycles. The van der Waals surface area contributed by atoms with Crippen molar-refractivity contribution in [1.82, 2.24) is 0 Å². The molecule has 0 aliphatic carbocycles. The van der Waals surface area contributed by atoms with Crippen LogP contribution < -0.4 is 4.74 Å². The third kappa shape index (κ3) is 4.62. The first-order valence-corrected chi connectivity index (χ1v) is 7.58. The lowest BCUT2D eigenvalue weighted by atomic mass is 10.0. The van der Waals surface area contributed by atoms with Gasteiger partial charge in [0, 0.05) is 0 Å². The van der Waals surface area contributed by atoms with E-state index in [2.05, 4.69) is 19.1 Å². The van der Waals surface area contributed by atoms with Crippen LogP contribution in [0.1, 0.15) is 47.6 Å². The lowest BCUT2D eigenvalue weighted by Crippen LogP contribution is -2.02. The maximum atomic E-state index is 10.8. The number of carboxylic acid groups (broad SMARTS) is 1. The van der Waals surface area contributed by atoms with Crippen molar-refractivity contribution in [2.45, 2.75) is 32.1 Å². The summed E-state index contributed by atoms with van der Waals surface area (Å²) in [6.07, 6.45) is 2.19. The molecule has 0 amide bonds. The summed E-state index contributed by atoms with van der Waals surface area (Å²) in [6.45, 7) is 2.59. The van der Waals surface area contributed by atoms with Crippen LogP contribution in [0.5, 0.6) is 5.75 Å². The number of aryl methyl sites for hydroxylation is 1. The summed E-state index contributed by atoms with van der Waals surface area (Å²) in [4.78, 5) is 10.8. The van der Waals surface area contributed by atoms with Crippen LogP contribution in [0.4, 0.5) is 0 Å². The molecule has 23 heavy (non-hydrogen) atoms. The Hall–Kier alpha value is -2.74. The number of carbonyl (C=O) groups is 1. The third-order valence-electron chi connectivity index (χ3n) is 3.55. The standard InChI is InChI=1S/C18H19NO4/c1-2-13-5-3-7-15(11-13)22-10-4-6-14(12-19)16-8-9-17(23-16)18(20)21/h3,5,7-9,11,14H,2,4,6,10H2,1H3,(H,20,21). The number of ether oxygens (including phenoxy) is 1. The molecule has 5 heteroatoms. The van der Waals surface area contributed by atoms with E-state index < -0.39 is 11.9 Å². The average molecular weight is 313 g/mol. The van der Waals surface area contributed by atoms with Crippen LogP contribution in [0.15, 0.2) is 40.8 Å². The number of benzene rings is 1. The van der Waals surface area contributed by atoms with Gasteiger partial charge in [0.25, 0.3) is 0 Å². The normalized spacial score (nSPS) is 11.7. The number of furan rings is 1. The van der Waals surface area contributed by atoms with Gasteiger partial charge in [-0.2, -0.15) is 5.26 Å². The SMILES string of the molecule is CCc1cccc(OCCCC(C#N)c2ccc(C(=O)O)o2)c1. The second kappa shape index (κ2) is 8.04. The Kier molecular flexibility index (Phi) is 5.81. The molecule has 1 heterocycles. The molecule has 0 aliphatic heterocycles. The second-order valence-corrected chi connectivity index (χ2v) is 5.18. The predicted octanol–water partition coefficient (Wildman–Crippen LogP) is 4.01. The fourth-order valence-electron chi connectivity index (χ4n) is 2.26. The Morgan fingerprint density at radius 2 is 2.22 bits per heavy atom. The van der Waals surface area contributed by atoms with Gasteiger partial charge in [-0.15, -0.1) is 0 Å². The fourth-order valence-corrected chi connectivity index (χ4v) is 2.26. The van der Waals surface area contributed by atoms with E-state index in [9.17, 15) is 10.1 Å². The van der Waals surface area contributed by atoms with Gasteiger partial charge in [-0.3, -0.25) is 0 Å². The fraction of sp³-hybridized carbons (Fsp3) is 0.333. The monoisotopic (exact) mass is 313 g/mol. The maximum absolute atomic E-state index is 10.8. The van der Waals surface area contributed by atoms with E-state index in [0.29, 0.717) is 25.2 Å². The number of hydrogen-bond acceptors (Lipinski definition) is 4. The van der Waals surface area contributed by atoms with Crippen LogP contribution >= 0.6 is 0 Å². The first kappa shape index (κ1) is 16.6. The van der Waals surface area contributed by atoms with Crippen molar-refractivity contribution < 1.29 is 19.1 Å². The summed E-state index contributed by atoms with van der Waals surface area (Å²) < 4.78 is 10.9. The highest BCUT2D eigenvalue weighted by molar-refractivity contribution is 5.84. The van der Waals surface area contributed by atoms with Gasteiger partial charge in [-0.1, -0.05) is 19.1 Å². The number of rotatable bonds is 8. The Balaban J connectivity index is 1.83. The molecule has 0 spiro atoms. The molecule has 0 fully saturated rings. The lowest BCUT2D eigenvalue weighted by Gasteiger charge is -2.09. The highest BCUT2D eigenvalue weighted by Crippen LogP contribution is 2.23. The molecule has 0 bridgehead atoms. The quantitative estimate of drug-likeness (QED) is 0.744. The van der Waals surface area contributed by atoms with Crippen LogP contribution in [-0.4, -0.2) is 17.7 Å². The molecule has 5 nitrogen and oxygen atoms in total. The van der Waals surface area contributed by atoms with Crippen molar-refractivity contribution >= 4 is 5.97 Å². The van der Waals surface area contributed by atoms with Gasteiger partial charge < -0.3 is 14.3 Å². The lowest BCUT2D eigenvalue weighted by molar-refractivity contribution is 0.0660. The highest BCUT2D eigenvalue weighted by atomic mass is 16.5. The summed E-state index contributed by atoms with van der Waals surface area (Å²) in [5, 5.41) is 18.1. The number of aromatic carboxylic acids is 1. The summed E-state index contributed by atoms with van der Waals surface area (Å²) >= 11 is 0. The minimum Gasteiger partial charge on any atom is -0.494 e. The van der Waals surface area contributed by atoms with Gasteiger partial charge >= 0.3 is 5.97 Å². The van der Waals surface area contributed by atoms with Crippen LogP contribution in [0.3, 0.4) is 0 Å². The Morgan fingerprint density at radius 1 is 1.39 bits per heavy atom. The van der Waals surface area contributed by atoms with Crippen LogP contribution in [0.25, 0.3) is 0 Å². The van der Waals surface area contributed by atoms with E-state index in [1.54, 1.807) is 6.07 Å². The summed E-state index contributed by atoms with van der Waals surface area (Å²) in [5.41, 5.74) is 1.22. The summed E-state index contributed by atoms with van der Waals surface area (Å²) in [5.74, 6) is -0.532. The van der Waals surface area contributed by atoms with Crippen molar-refractivity contribution in [2.24, 2.45) is 0 Å². The Bertz CT molecular complexity index is 699. The van der Waals surface area contributed by atoms with E-state index in [4.69, 9.17) is 14.3 Å².